The monoisotopic (exact) mass is 442 g/mol. The van der Waals surface area contributed by atoms with Crippen LogP contribution in [0.15, 0.2) is 11.6 Å². The van der Waals surface area contributed by atoms with Crippen molar-refractivity contribution in [3.05, 3.63) is 11.6 Å². The summed E-state index contributed by atoms with van der Waals surface area (Å²) in [6.07, 6.45) is 15.9. The van der Waals surface area contributed by atoms with Gasteiger partial charge >= 0.3 is 5.97 Å². The average Bonchev–Trinajstić information content (AvgIpc) is 3.28. The maximum absolute atomic E-state index is 11.3. The van der Waals surface area contributed by atoms with Crippen LogP contribution in [-0.2, 0) is 9.53 Å². The third-order valence-corrected chi connectivity index (χ3v) is 11.3. The summed E-state index contributed by atoms with van der Waals surface area (Å²) < 4.78 is 6.54. The summed E-state index contributed by atoms with van der Waals surface area (Å²) in [6, 6.07) is 0. The summed E-state index contributed by atoms with van der Waals surface area (Å²) in [5.74, 6) is 3.57. The fraction of sp³-hybridized carbons (Fsp3) is 0.897. The van der Waals surface area contributed by atoms with Gasteiger partial charge in [0.05, 0.1) is 0 Å². The fourth-order valence-corrected chi connectivity index (χ4v) is 9.47. The summed E-state index contributed by atoms with van der Waals surface area (Å²) in [5.41, 5.74) is 2.37. The molecule has 0 aromatic rings. The van der Waals surface area contributed by atoms with E-state index in [2.05, 4.69) is 40.7 Å². The summed E-state index contributed by atoms with van der Waals surface area (Å²) in [5, 5.41) is 9.34. The van der Waals surface area contributed by atoms with E-state index in [0.717, 1.165) is 42.9 Å². The van der Waals surface area contributed by atoms with Crippen LogP contribution in [0.1, 0.15) is 105 Å². The Labute approximate surface area is 195 Å². The van der Waals surface area contributed by atoms with Gasteiger partial charge in [0.1, 0.15) is 11.7 Å². The van der Waals surface area contributed by atoms with E-state index in [0.29, 0.717) is 17.8 Å². The highest BCUT2D eigenvalue weighted by molar-refractivity contribution is 5.67. The third kappa shape index (κ3) is 3.35. The summed E-state index contributed by atoms with van der Waals surface area (Å²) in [7, 11) is 0. The van der Waals surface area contributed by atoms with E-state index >= 15 is 0 Å². The quantitative estimate of drug-likeness (QED) is 0.334. The van der Waals surface area contributed by atoms with Crippen LogP contribution in [0.2, 0.25) is 0 Å². The van der Waals surface area contributed by atoms with Gasteiger partial charge in [0.25, 0.3) is 0 Å². The first-order chi connectivity index (χ1) is 15.1. The molecule has 3 saturated carbocycles. The molecule has 180 valence electrons. The van der Waals surface area contributed by atoms with Crippen molar-refractivity contribution in [2.45, 2.75) is 117 Å². The highest BCUT2D eigenvalue weighted by Gasteiger charge is 2.73. The lowest BCUT2D eigenvalue weighted by Gasteiger charge is -2.56. The van der Waals surface area contributed by atoms with Gasteiger partial charge in [-0.25, -0.2) is 0 Å². The standard InChI is InChI=1S/C29H46O3/c1-18(2)7-6-8-19(3)22-9-10-23-21-16-25-29(32-25)17-20(15-26(30)31)11-14-28(29,5)24(21)12-13-27(22,23)4/h16,18-20,22-25H,6-15,17H2,1-5H3,(H,30,31)/t19-,20-,22-,23?,24?,25+,27-,28-,29?/m1/s1. The third-order valence-electron chi connectivity index (χ3n) is 11.3. The van der Waals surface area contributed by atoms with Crippen molar-refractivity contribution in [1.29, 1.82) is 0 Å². The van der Waals surface area contributed by atoms with Gasteiger partial charge in [-0.05, 0) is 85.9 Å². The Balaban J connectivity index is 1.34. The van der Waals surface area contributed by atoms with Crippen LogP contribution in [0, 0.1) is 46.3 Å². The van der Waals surface area contributed by atoms with Crippen molar-refractivity contribution in [2.24, 2.45) is 46.3 Å². The van der Waals surface area contributed by atoms with Crippen LogP contribution in [0.4, 0.5) is 0 Å². The van der Waals surface area contributed by atoms with E-state index in [-0.39, 0.29) is 23.0 Å². The second kappa shape index (κ2) is 7.85. The molecule has 3 heteroatoms. The number of aliphatic carboxylic acids is 1. The van der Waals surface area contributed by atoms with E-state index in [1.165, 1.54) is 44.9 Å². The topological polar surface area (TPSA) is 49.8 Å². The number of hydrogen-bond donors (Lipinski definition) is 1. The molecule has 4 fully saturated rings. The molecule has 9 atom stereocenters. The fourth-order valence-electron chi connectivity index (χ4n) is 9.47. The SMILES string of the molecule is CC(C)CCC[C@@H](C)[C@H]1CCC2C3=C[C@@H]4OC45C[C@@H](CC(=O)O)CC[C@]5(C)C3CC[C@@]21C. The van der Waals surface area contributed by atoms with E-state index < -0.39 is 5.97 Å². The number of epoxide rings is 1. The van der Waals surface area contributed by atoms with Crippen molar-refractivity contribution < 1.29 is 14.6 Å². The number of carboxylic acid groups (broad SMARTS) is 1. The number of allylic oxidation sites excluding steroid dienone is 1. The van der Waals surface area contributed by atoms with Gasteiger partial charge in [-0.2, -0.15) is 0 Å². The molecule has 0 amide bonds. The van der Waals surface area contributed by atoms with Crippen LogP contribution in [0.25, 0.3) is 0 Å². The zero-order valence-corrected chi connectivity index (χ0v) is 21.2. The van der Waals surface area contributed by atoms with Crippen LogP contribution in [0.3, 0.4) is 0 Å². The molecule has 0 radical (unpaired) electrons. The predicted molar refractivity (Wildman–Crippen MR) is 128 cm³/mol. The second-order valence-electron chi connectivity index (χ2n) is 13.4. The summed E-state index contributed by atoms with van der Waals surface area (Å²) in [4.78, 5) is 11.3. The summed E-state index contributed by atoms with van der Waals surface area (Å²) >= 11 is 0. The molecule has 1 heterocycles. The van der Waals surface area contributed by atoms with E-state index in [9.17, 15) is 9.90 Å². The Morgan fingerprint density at radius 3 is 2.59 bits per heavy atom. The normalized spacial score (nSPS) is 47.7. The Hall–Kier alpha value is -0.830. The smallest absolute Gasteiger partial charge is 0.303 e. The Bertz CT molecular complexity index is 785. The van der Waals surface area contributed by atoms with Crippen LogP contribution >= 0.6 is 0 Å². The number of hydrogen-bond acceptors (Lipinski definition) is 2. The number of fused-ring (bicyclic) bond motifs is 4. The molecule has 0 bridgehead atoms. The first kappa shape index (κ1) is 22.9. The molecule has 32 heavy (non-hydrogen) atoms. The Morgan fingerprint density at radius 1 is 1.09 bits per heavy atom. The van der Waals surface area contributed by atoms with Crippen LogP contribution < -0.4 is 0 Å². The van der Waals surface area contributed by atoms with Crippen molar-refractivity contribution >= 4 is 5.97 Å². The molecular formula is C29H46O3. The molecule has 1 spiro atoms. The maximum atomic E-state index is 11.3. The van der Waals surface area contributed by atoms with E-state index in [4.69, 9.17) is 4.74 Å². The lowest BCUT2D eigenvalue weighted by molar-refractivity contribution is -0.139. The van der Waals surface area contributed by atoms with Crippen LogP contribution in [-0.4, -0.2) is 22.8 Å². The first-order valence-electron chi connectivity index (χ1n) is 13.7. The van der Waals surface area contributed by atoms with Crippen LogP contribution in [0.5, 0.6) is 0 Å². The molecule has 3 nitrogen and oxygen atoms in total. The second-order valence-corrected chi connectivity index (χ2v) is 13.4. The van der Waals surface area contributed by atoms with Crippen molar-refractivity contribution in [3.8, 4) is 0 Å². The molecule has 5 aliphatic rings. The number of carboxylic acids is 1. The lowest BCUT2D eigenvalue weighted by atomic mass is 9.46. The van der Waals surface area contributed by atoms with Gasteiger partial charge in [0, 0.05) is 11.8 Å². The zero-order chi connectivity index (χ0) is 22.9. The molecule has 4 aliphatic carbocycles. The number of ether oxygens (including phenoxy) is 1. The number of rotatable bonds is 7. The molecule has 3 unspecified atom stereocenters. The molecule has 5 rings (SSSR count). The molecule has 1 aliphatic heterocycles. The van der Waals surface area contributed by atoms with Gasteiger partial charge in [-0.3, -0.25) is 4.79 Å². The largest absolute Gasteiger partial charge is 0.481 e. The van der Waals surface area contributed by atoms with Crippen molar-refractivity contribution in [1.82, 2.24) is 0 Å². The molecule has 0 aromatic carbocycles. The average molecular weight is 443 g/mol. The van der Waals surface area contributed by atoms with Gasteiger partial charge < -0.3 is 9.84 Å². The molecule has 1 N–H and O–H groups in total. The minimum atomic E-state index is -0.646. The first-order valence-corrected chi connectivity index (χ1v) is 13.7. The predicted octanol–water partition coefficient (Wildman–Crippen LogP) is 7.25. The maximum Gasteiger partial charge on any atom is 0.303 e. The van der Waals surface area contributed by atoms with Gasteiger partial charge in [-0.15, -0.1) is 0 Å². The number of carbonyl (C=O) groups is 1. The highest BCUT2D eigenvalue weighted by atomic mass is 16.6. The van der Waals surface area contributed by atoms with Crippen molar-refractivity contribution in [3.63, 3.8) is 0 Å². The minimum Gasteiger partial charge on any atom is -0.481 e. The van der Waals surface area contributed by atoms with Gasteiger partial charge in [0.15, 0.2) is 0 Å². The lowest BCUT2D eigenvalue weighted by Crippen LogP contribution is -2.54. The summed E-state index contributed by atoms with van der Waals surface area (Å²) in [6.45, 7) is 12.4. The Kier molecular flexibility index (Phi) is 5.63. The Morgan fingerprint density at radius 2 is 1.88 bits per heavy atom. The molecule has 0 aromatic heterocycles. The van der Waals surface area contributed by atoms with E-state index in [1.54, 1.807) is 5.57 Å². The van der Waals surface area contributed by atoms with Gasteiger partial charge in [0.2, 0.25) is 0 Å². The molecule has 1 saturated heterocycles. The minimum absolute atomic E-state index is 0.0601. The highest BCUT2D eigenvalue weighted by Crippen LogP contribution is 2.73. The zero-order valence-electron chi connectivity index (χ0n) is 21.2. The van der Waals surface area contributed by atoms with Gasteiger partial charge in [-0.1, -0.05) is 65.5 Å². The van der Waals surface area contributed by atoms with Crippen molar-refractivity contribution in [2.75, 3.05) is 0 Å². The molecular weight excluding hydrogens is 396 g/mol. The van der Waals surface area contributed by atoms with E-state index in [1.807, 2.05) is 0 Å².